The van der Waals surface area contributed by atoms with Gasteiger partial charge in [0.2, 0.25) is 0 Å². The lowest BCUT2D eigenvalue weighted by molar-refractivity contribution is -0.123. The number of benzene rings is 4. The van der Waals surface area contributed by atoms with Crippen LogP contribution in [0, 0.1) is 11.3 Å². The van der Waals surface area contributed by atoms with Gasteiger partial charge in [-0.25, -0.2) is 0 Å². The molecule has 1 aliphatic carbocycles. The summed E-state index contributed by atoms with van der Waals surface area (Å²) in [5, 5.41) is 15.3. The average Bonchev–Trinajstić information content (AvgIpc) is 3.59. The fourth-order valence-electron chi connectivity index (χ4n) is 5.77. The normalized spacial score (nSPS) is 19.6. The molecule has 4 aromatic rings. The van der Waals surface area contributed by atoms with Crippen molar-refractivity contribution in [2.45, 2.75) is 23.8 Å². The molecule has 2 atom stereocenters. The molecule has 5 nitrogen and oxygen atoms in total. The second kappa shape index (κ2) is 10.2. The van der Waals surface area contributed by atoms with E-state index in [9.17, 15) is 14.9 Å². The van der Waals surface area contributed by atoms with Gasteiger partial charge in [0.1, 0.15) is 5.54 Å². The summed E-state index contributed by atoms with van der Waals surface area (Å²) in [6, 6.07) is 40.4. The lowest BCUT2D eigenvalue weighted by atomic mass is 9.81. The van der Waals surface area contributed by atoms with Crippen LogP contribution in [0.2, 0.25) is 0 Å². The molecule has 1 saturated carbocycles. The van der Waals surface area contributed by atoms with Gasteiger partial charge in [-0.1, -0.05) is 109 Å². The molecule has 0 aromatic heterocycles. The van der Waals surface area contributed by atoms with E-state index >= 15 is 0 Å². The van der Waals surface area contributed by atoms with Gasteiger partial charge in [0, 0.05) is 23.3 Å². The zero-order chi connectivity index (χ0) is 26.6. The fourth-order valence-corrected chi connectivity index (χ4v) is 5.77. The highest BCUT2D eigenvalue weighted by Crippen LogP contribution is 2.71. The number of amides is 2. The second-order valence-electron chi connectivity index (χ2n) is 9.42. The predicted molar refractivity (Wildman–Crippen MR) is 147 cm³/mol. The number of hydrogen-bond donors (Lipinski definition) is 2. The summed E-state index contributed by atoms with van der Waals surface area (Å²) in [5.41, 5.74) is 1.28. The number of carbonyl (C=O) groups is 2. The molecule has 0 heterocycles. The highest BCUT2D eigenvalue weighted by atomic mass is 16.2. The second-order valence-corrected chi connectivity index (χ2v) is 9.42. The molecule has 1 fully saturated rings. The number of rotatable bonds is 7. The highest BCUT2D eigenvalue weighted by Gasteiger charge is 2.82. The van der Waals surface area contributed by atoms with Gasteiger partial charge in [-0.2, -0.15) is 5.26 Å². The molecule has 4 aromatic carbocycles. The monoisotopic (exact) mass is 497 g/mol. The van der Waals surface area contributed by atoms with Gasteiger partial charge in [0.25, 0.3) is 11.8 Å². The Morgan fingerprint density at radius 3 is 1.74 bits per heavy atom. The van der Waals surface area contributed by atoms with E-state index in [2.05, 4.69) is 10.6 Å². The predicted octanol–water partition coefficient (Wildman–Crippen LogP) is 5.48. The number of allylic oxidation sites excluding steroid dienone is 2. The minimum Gasteiger partial charge on any atom is -0.336 e. The molecule has 0 radical (unpaired) electrons. The fraction of sp³-hybridized carbons (Fsp3) is 0.121. The van der Waals surface area contributed by atoms with Crippen molar-refractivity contribution < 1.29 is 9.59 Å². The Morgan fingerprint density at radius 1 is 0.763 bits per heavy atom. The first-order valence-corrected chi connectivity index (χ1v) is 12.5. The Hall–Kier alpha value is -4.95. The molecule has 0 saturated heterocycles. The standard InChI is InChI=1S/C33H27N3O2/c1-24(22-23-34)35-31(38)33(36-30(37)26-16-8-3-9-17-26)29(25-14-6-2-7-15-25)32(33,27-18-10-4-11-19-27)28-20-12-5-13-21-28/h2-22,29H,1H3,(H,35,38)(H,36,37)/b24-22+/t29-,33+/m1/s1. The molecule has 0 bridgehead atoms. The topological polar surface area (TPSA) is 82.0 Å². The molecule has 5 heteroatoms. The number of nitriles is 1. The first kappa shape index (κ1) is 24.7. The number of carbonyl (C=O) groups excluding carboxylic acids is 2. The molecule has 0 spiro atoms. The molecular weight excluding hydrogens is 470 g/mol. The van der Waals surface area contributed by atoms with Crippen molar-refractivity contribution in [2.24, 2.45) is 0 Å². The van der Waals surface area contributed by atoms with E-state index in [0.29, 0.717) is 11.3 Å². The van der Waals surface area contributed by atoms with Crippen molar-refractivity contribution in [1.29, 1.82) is 5.26 Å². The van der Waals surface area contributed by atoms with Crippen LogP contribution in [0.3, 0.4) is 0 Å². The molecule has 2 N–H and O–H groups in total. The van der Waals surface area contributed by atoms with Crippen LogP contribution in [0.15, 0.2) is 133 Å². The van der Waals surface area contributed by atoms with Gasteiger partial charge in [0.05, 0.1) is 11.5 Å². The number of nitrogens with zero attached hydrogens (tertiary/aromatic N) is 1. The van der Waals surface area contributed by atoms with Gasteiger partial charge in [-0.15, -0.1) is 0 Å². The maximum Gasteiger partial charge on any atom is 0.252 e. The van der Waals surface area contributed by atoms with Crippen molar-refractivity contribution >= 4 is 11.8 Å². The third-order valence-electron chi connectivity index (χ3n) is 7.29. The van der Waals surface area contributed by atoms with E-state index < -0.39 is 16.9 Å². The zero-order valence-corrected chi connectivity index (χ0v) is 21.0. The zero-order valence-electron chi connectivity index (χ0n) is 21.0. The van der Waals surface area contributed by atoms with E-state index in [1.54, 1.807) is 31.2 Å². The third-order valence-corrected chi connectivity index (χ3v) is 7.29. The van der Waals surface area contributed by atoms with Crippen molar-refractivity contribution in [2.75, 3.05) is 0 Å². The maximum atomic E-state index is 14.4. The molecule has 38 heavy (non-hydrogen) atoms. The van der Waals surface area contributed by atoms with Crippen LogP contribution in [0.4, 0.5) is 0 Å². The highest BCUT2D eigenvalue weighted by molar-refractivity contribution is 6.06. The van der Waals surface area contributed by atoms with Gasteiger partial charge in [-0.3, -0.25) is 9.59 Å². The SMILES string of the molecule is C/C(=C\C#N)NC(=O)[C@@]1(NC(=O)c2ccccc2)[C@H](c2ccccc2)C1(c1ccccc1)c1ccccc1. The minimum atomic E-state index is -1.39. The summed E-state index contributed by atoms with van der Waals surface area (Å²) >= 11 is 0. The van der Waals surface area contributed by atoms with Crippen LogP contribution < -0.4 is 10.6 Å². The van der Waals surface area contributed by atoms with E-state index in [4.69, 9.17) is 0 Å². The Labute approximate surface area is 222 Å². The molecule has 0 unspecified atom stereocenters. The molecule has 0 aliphatic heterocycles. The summed E-state index contributed by atoms with van der Waals surface area (Å²) in [6.07, 6.45) is 1.29. The first-order valence-electron chi connectivity index (χ1n) is 12.5. The largest absolute Gasteiger partial charge is 0.336 e. The van der Waals surface area contributed by atoms with Crippen LogP contribution in [0.25, 0.3) is 0 Å². The lowest BCUT2D eigenvalue weighted by Gasteiger charge is -2.27. The summed E-state index contributed by atoms with van der Waals surface area (Å²) < 4.78 is 0. The van der Waals surface area contributed by atoms with Crippen molar-refractivity contribution in [3.63, 3.8) is 0 Å². The average molecular weight is 498 g/mol. The molecular formula is C33H27N3O2. The summed E-state index contributed by atoms with van der Waals surface area (Å²) in [7, 11) is 0. The Kier molecular flexibility index (Phi) is 6.64. The van der Waals surface area contributed by atoms with Crippen LogP contribution in [0.1, 0.15) is 39.9 Å². The van der Waals surface area contributed by atoms with E-state index in [-0.39, 0.29) is 11.8 Å². The number of hydrogen-bond acceptors (Lipinski definition) is 3. The van der Waals surface area contributed by atoms with Gasteiger partial charge in [0.15, 0.2) is 0 Å². The number of nitrogens with one attached hydrogen (secondary N) is 2. The van der Waals surface area contributed by atoms with Gasteiger partial charge in [-0.05, 0) is 35.7 Å². The van der Waals surface area contributed by atoms with Crippen LogP contribution >= 0.6 is 0 Å². The molecule has 2 amide bonds. The summed E-state index contributed by atoms with van der Waals surface area (Å²) in [4.78, 5) is 28.2. The van der Waals surface area contributed by atoms with Crippen molar-refractivity contribution in [3.8, 4) is 6.07 Å². The molecule has 1 aliphatic rings. The van der Waals surface area contributed by atoms with Gasteiger partial charge < -0.3 is 10.6 Å². The van der Waals surface area contributed by atoms with Crippen molar-refractivity contribution in [1.82, 2.24) is 10.6 Å². The summed E-state index contributed by atoms with van der Waals surface area (Å²) in [5.74, 6) is -1.16. The quantitative estimate of drug-likeness (QED) is 0.332. The van der Waals surface area contributed by atoms with Crippen LogP contribution in [-0.4, -0.2) is 17.4 Å². The Balaban J connectivity index is 1.80. The Morgan fingerprint density at radius 2 is 1.24 bits per heavy atom. The van der Waals surface area contributed by atoms with Crippen molar-refractivity contribution in [3.05, 3.63) is 155 Å². The van der Waals surface area contributed by atoms with Gasteiger partial charge >= 0.3 is 0 Å². The molecule has 186 valence electrons. The van der Waals surface area contributed by atoms with E-state index in [1.165, 1.54) is 6.08 Å². The third kappa shape index (κ3) is 3.97. The lowest BCUT2D eigenvalue weighted by Crippen LogP contribution is -2.54. The van der Waals surface area contributed by atoms with E-state index in [0.717, 1.165) is 16.7 Å². The first-order chi connectivity index (χ1) is 18.6. The minimum absolute atomic E-state index is 0.350. The summed E-state index contributed by atoms with van der Waals surface area (Å²) in [6.45, 7) is 1.67. The van der Waals surface area contributed by atoms with E-state index in [1.807, 2.05) is 103 Å². The Bertz CT molecular complexity index is 1470. The maximum absolute atomic E-state index is 14.4. The molecule has 5 rings (SSSR count). The van der Waals surface area contributed by atoms with Crippen LogP contribution in [-0.2, 0) is 10.2 Å². The smallest absolute Gasteiger partial charge is 0.252 e. The van der Waals surface area contributed by atoms with Crippen LogP contribution in [0.5, 0.6) is 0 Å².